The lowest BCUT2D eigenvalue weighted by Gasteiger charge is -2.24. The molecule has 1 N–H and O–H groups in total. The quantitative estimate of drug-likeness (QED) is 0.534. The van der Waals surface area contributed by atoms with Gasteiger partial charge in [-0.05, 0) is 37.6 Å². The molecule has 5 rings (SSSR count). The van der Waals surface area contributed by atoms with Crippen LogP contribution in [-0.2, 0) is 14.3 Å². The van der Waals surface area contributed by atoms with Gasteiger partial charge in [-0.25, -0.2) is 9.79 Å². The summed E-state index contributed by atoms with van der Waals surface area (Å²) in [5.41, 5.74) is 2.82. The van der Waals surface area contributed by atoms with Crippen molar-refractivity contribution in [2.75, 3.05) is 11.9 Å². The summed E-state index contributed by atoms with van der Waals surface area (Å²) in [6, 6.07) is 13.9. The number of para-hydroxylation sites is 1. The van der Waals surface area contributed by atoms with Crippen LogP contribution in [0, 0.1) is 0 Å². The predicted octanol–water partition coefficient (Wildman–Crippen LogP) is 2.88. The van der Waals surface area contributed by atoms with Crippen molar-refractivity contribution in [2.24, 2.45) is 4.99 Å². The van der Waals surface area contributed by atoms with E-state index in [1.165, 1.54) is 4.57 Å². The van der Waals surface area contributed by atoms with E-state index in [-0.39, 0.29) is 22.6 Å². The summed E-state index contributed by atoms with van der Waals surface area (Å²) in [6.07, 6.45) is 0. The number of fused-ring (bicyclic) bond motifs is 2. The smallest absolute Gasteiger partial charge is 0.338 e. The Hall–Kier alpha value is -3.30. The lowest BCUT2D eigenvalue weighted by atomic mass is 9.96. The number of aromatic nitrogens is 1. The van der Waals surface area contributed by atoms with E-state index in [9.17, 15) is 14.4 Å². The van der Waals surface area contributed by atoms with Crippen LogP contribution < -0.4 is 20.2 Å². The van der Waals surface area contributed by atoms with E-state index in [1.807, 2.05) is 42.5 Å². The summed E-state index contributed by atoms with van der Waals surface area (Å²) in [6.45, 7) is 3.67. The van der Waals surface area contributed by atoms with E-state index in [1.54, 1.807) is 19.9 Å². The summed E-state index contributed by atoms with van der Waals surface area (Å²) in [4.78, 5) is 44.5. The number of ether oxygens (including phenoxy) is 1. The first kappa shape index (κ1) is 21.5. The highest BCUT2D eigenvalue weighted by Gasteiger charge is 2.35. The van der Waals surface area contributed by atoms with Crippen molar-refractivity contribution in [3.05, 3.63) is 95.1 Å². The van der Waals surface area contributed by atoms with Crippen molar-refractivity contribution >= 4 is 50.4 Å². The molecule has 0 aliphatic carbocycles. The molecule has 2 aliphatic heterocycles. The Kier molecular flexibility index (Phi) is 5.38. The van der Waals surface area contributed by atoms with E-state index in [2.05, 4.69) is 26.2 Å². The molecule has 3 aromatic rings. The number of amides is 1. The molecule has 0 spiro atoms. The minimum absolute atomic E-state index is 0.203. The summed E-state index contributed by atoms with van der Waals surface area (Å²) >= 11 is 4.58. The van der Waals surface area contributed by atoms with E-state index < -0.39 is 12.0 Å². The zero-order valence-corrected chi connectivity index (χ0v) is 20.1. The number of anilines is 1. The van der Waals surface area contributed by atoms with Crippen LogP contribution in [-0.4, -0.2) is 23.1 Å². The van der Waals surface area contributed by atoms with Gasteiger partial charge in [0.2, 0.25) is 0 Å². The Balaban J connectivity index is 1.82. The first-order valence-corrected chi connectivity index (χ1v) is 11.9. The molecule has 0 bridgehead atoms. The fourth-order valence-electron chi connectivity index (χ4n) is 4.15. The number of halogens is 1. The molecular formula is C24H18BrN3O4S. The number of carbonyl (C=O) groups excluding carboxylic acids is 2. The minimum Gasteiger partial charge on any atom is -0.463 e. The van der Waals surface area contributed by atoms with Gasteiger partial charge < -0.3 is 10.1 Å². The van der Waals surface area contributed by atoms with Gasteiger partial charge in [-0.15, -0.1) is 0 Å². The van der Waals surface area contributed by atoms with Gasteiger partial charge in [-0.3, -0.25) is 14.2 Å². The van der Waals surface area contributed by atoms with Gasteiger partial charge in [-0.1, -0.05) is 57.6 Å². The Morgan fingerprint density at radius 1 is 1.18 bits per heavy atom. The fraction of sp³-hybridized carbons (Fsp3) is 0.167. The number of benzene rings is 2. The Bertz CT molecular complexity index is 1530. The van der Waals surface area contributed by atoms with Crippen molar-refractivity contribution < 1.29 is 14.3 Å². The average Bonchev–Trinajstić information content (AvgIpc) is 3.28. The normalized spacial score (nSPS) is 18.4. The molecule has 0 fully saturated rings. The van der Waals surface area contributed by atoms with Crippen molar-refractivity contribution in [3.8, 4) is 0 Å². The molecule has 3 heterocycles. The van der Waals surface area contributed by atoms with E-state index in [0.717, 1.165) is 21.4 Å². The molecule has 7 nitrogen and oxygen atoms in total. The van der Waals surface area contributed by atoms with Crippen LogP contribution in [0.15, 0.2) is 74.1 Å². The number of nitrogens with zero attached hydrogens (tertiary/aromatic N) is 2. The first-order chi connectivity index (χ1) is 15.9. The summed E-state index contributed by atoms with van der Waals surface area (Å²) in [5, 5.41) is 2.82. The standard InChI is InChI=1S/C24H18BrN3O4S/c1-3-32-23(31)17-12(2)26-24-28(19(17)13-8-10-14(25)11-9-13)22(30)20(33-24)18-15-6-4-5-7-16(15)27-21(18)29/h4-11,19H,3H2,1-2H3,(H,27,29)/b20-18-. The molecule has 1 unspecified atom stereocenters. The lowest BCUT2D eigenvalue weighted by Crippen LogP contribution is -2.40. The van der Waals surface area contributed by atoms with Crippen LogP contribution in [0.3, 0.4) is 0 Å². The SMILES string of the molecule is CCOC(=O)C1=C(C)N=c2s/c(=C3\C(=O)Nc4ccccc43)c(=O)n2C1c1ccc(Br)cc1. The van der Waals surface area contributed by atoms with Gasteiger partial charge in [-0.2, -0.15) is 0 Å². The average molecular weight is 524 g/mol. The van der Waals surface area contributed by atoms with Gasteiger partial charge in [0.15, 0.2) is 4.80 Å². The van der Waals surface area contributed by atoms with Gasteiger partial charge in [0.05, 0.1) is 29.5 Å². The van der Waals surface area contributed by atoms with Crippen LogP contribution in [0.1, 0.15) is 31.0 Å². The fourth-order valence-corrected chi connectivity index (χ4v) is 5.55. The monoisotopic (exact) mass is 523 g/mol. The highest BCUT2D eigenvalue weighted by Crippen LogP contribution is 2.32. The Morgan fingerprint density at radius 3 is 2.64 bits per heavy atom. The second-order valence-corrected chi connectivity index (χ2v) is 9.44. The maximum absolute atomic E-state index is 13.8. The van der Waals surface area contributed by atoms with Crippen LogP contribution in [0.2, 0.25) is 0 Å². The molecule has 33 heavy (non-hydrogen) atoms. The third-order valence-electron chi connectivity index (χ3n) is 5.58. The first-order valence-electron chi connectivity index (χ1n) is 10.3. The second-order valence-electron chi connectivity index (χ2n) is 7.55. The molecule has 166 valence electrons. The zero-order chi connectivity index (χ0) is 23.3. The second kappa shape index (κ2) is 8.24. The largest absolute Gasteiger partial charge is 0.463 e. The number of hydrogen-bond acceptors (Lipinski definition) is 6. The number of nitrogens with one attached hydrogen (secondary N) is 1. The third-order valence-corrected chi connectivity index (χ3v) is 7.16. The van der Waals surface area contributed by atoms with Gasteiger partial charge in [0.25, 0.3) is 11.5 Å². The van der Waals surface area contributed by atoms with E-state index in [4.69, 9.17) is 4.74 Å². The highest BCUT2D eigenvalue weighted by molar-refractivity contribution is 9.10. The van der Waals surface area contributed by atoms with Crippen molar-refractivity contribution in [1.29, 1.82) is 0 Å². The maximum atomic E-state index is 13.8. The van der Waals surface area contributed by atoms with Crippen molar-refractivity contribution in [2.45, 2.75) is 19.9 Å². The number of allylic oxidation sites excluding steroid dienone is 1. The molecular weight excluding hydrogens is 506 g/mol. The van der Waals surface area contributed by atoms with Crippen molar-refractivity contribution in [1.82, 2.24) is 4.57 Å². The molecule has 0 radical (unpaired) electrons. The highest BCUT2D eigenvalue weighted by atomic mass is 79.9. The van der Waals surface area contributed by atoms with Crippen LogP contribution >= 0.6 is 27.3 Å². The molecule has 1 atom stereocenters. The number of thiazole rings is 1. The number of carbonyl (C=O) groups is 2. The molecule has 2 aromatic carbocycles. The van der Waals surface area contributed by atoms with Crippen LogP contribution in [0.4, 0.5) is 5.69 Å². The van der Waals surface area contributed by atoms with Crippen LogP contribution in [0.5, 0.6) is 0 Å². The Labute approximate surface area is 200 Å². The number of hydrogen-bond donors (Lipinski definition) is 1. The maximum Gasteiger partial charge on any atom is 0.338 e. The predicted molar refractivity (Wildman–Crippen MR) is 129 cm³/mol. The minimum atomic E-state index is -0.720. The molecule has 0 saturated heterocycles. The molecule has 9 heteroatoms. The van der Waals surface area contributed by atoms with Gasteiger partial charge in [0.1, 0.15) is 4.53 Å². The summed E-state index contributed by atoms with van der Waals surface area (Å²) in [7, 11) is 0. The third kappa shape index (κ3) is 3.48. The topological polar surface area (TPSA) is 89.8 Å². The Morgan fingerprint density at radius 2 is 1.91 bits per heavy atom. The summed E-state index contributed by atoms with van der Waals surface area (Å²) in [5.74, 6) is -0.850. The van der Waals surface area contributed by atoms with Crippen molar-refractivity contribution in [3.63, 3.8) is 0 Å². The van der Waals surface area contributed by atoms with Gasteiger partial charge in [0, 0.05) is 15.7 Å². The summed E-state index contributed by atoms with van der Waals surface area (Å²) < 4.78 is 7.96. The molecule has 2 aliphatic rings. The van der Waals surface area contributed by atoms with E-state index >= 15 is 0 Å². The van der Waals surface area contributed by atoms with Crippen LogP contribution in [0.25, 0.3) is 5.57 Å². The lowest BCUT2D eigenvalue weighted by molar-refractivity contribution is -0.139. The molecule has 1 aromatic heterocycles. The zero-order valence-electron chi connectivity index (χ0n) is 17.7. The number of rotatable bonds is 3. The molecule has 1 amide bonds. The van der Waals surface area contributed by atoms with Gasteiger partial charge >= 0.3 is 5.97 Å². The molecule has 0 saturated carbocycles. The van der Waals surface area contributed by atoms with E-state index in [0.29, 0.717) is 32.9 Å². The number of esters is 1.